The maximum Gasteiger partial charge on any atom is 0.233 e. The lowest BCUT2D eigenvalue weighted by Gasteiger charge is -2.35. The Hall–Kier alpha value is -1.86. The monoisotopic (exact) mass is 346 g/mol. The Labute approximate surface area is 146 Å². The highest BCUT2D eigenvalue weighted by molar-refractivity contribution is 7.99. The van der Waals surface area contributed by atoms with Crippen molar-refractivity contribution < 1.29 is 9.53 Å². The van der Waals surface area contributed by atoms with Gasteiger partial charge in [-0.1, -0.05) is 29.5 Å². The van der Waals surface area contributed by atoms with Gasteiger partial charge in [0.05, 0.1) is 18.0 Å². The fraction of sp³-hybridized carbons (Fsp3) is 0.471. The molecule has 2 heterocycles. The Morgan fingerprint density at radius 2 is 1.92 bits per heavy atom. The Bertz CT molecular complexity index is 691. The average Bonchev–Trinajstić information content (AvgIpc) is 3.01. The fourth-order valence-electron chi connectivity index (χ4n) is 2.80. The number of morpholine rings is 1. The highest BCUT2D eigenvalue weighted by Gasteiger charge is 2.26. The van der Waals surface area contributed by atoms with Gasteiger partial charge in [-0.25, -0.2) is 0 Å². The van der Waals surface area contributed by atoms with Gasteiger partial charge in [0, 0.05) is 18.8 Å². The lowest BCUT2D eigenvalue weighted by Crippen LogP contribution is -2.48. The zero-order chi connectivity index (χ0) is 17.1. The van der Waals surface area contributed by atoms with E-state index in [0.29, 0.717) is 18.8 Å². The van der Waals surface area contributed by atoms with Gasteiger partial charge in [-0.15, -0.1) is 10.2 Å². The molecule has 128 valence electrons. The SMILES string of the molecule is Cc1ccc(-n2cnnc2SCC(=O)N2CC(C)OC(C)C2)cc1. The summed E-state index contributed by atoms with van der Waals surface area (Å²) in [5.41, 5.74) is 2.20. The standard InChI is InChI=1S/C17H22N4O2S/c1-12-4-6-15(7-5-12)21-11-18-19-17(21)24-10-16(22)20-8-13(2)23-14(3)9-20/h4-7,11,13-14H,8-10H2,1-3H3. The van der Waals surface area contributed by atoms with Crippen molar-refractivity contribution in [1.82, 2.24) is 19.7 Å². The lowest BCUT2D eigenvalue weighted by atomic mass is 10.2. The van der Waals surface area contributed by atoms with Crippen LogP contribution in [0, 0.1) is 6.92 Å². The van der Waals surface area contributed by atoms with Crippen molar-refractivity contribution in [2.45, 2.75) is 38.1 Å². The van der Waals surface area contributed by atoms with Crippen molar-refractivity contribution in [2.24, 2.45) is 0 Å². The largest absolute Gasteiger partial charge is 0.372 e. The van der Waals surface area contributed by atoms with Crippen LogP contribution >= 0.6 is 11.8 Å². The predicted molar refractivity (Wildman–Crippen MR) is 93.4 cm³/mol. The highest BCUT2D eigenvalue weighted by atomic mass is 32.2. The van der Waals surface area contributed by atoms with Crippen LogP contribution in [0.1, 0.15) is 19.4 Å². The molecule has 2 atom stereocenters. The van der Waals surface area contributed by atoms with Crippen LogP contribution in [0.4, 0.5) is 0 Å². The summed E-state index contributed by atoms with van der Waals surface area (Å²) >= 11 is 1.41. The van der Waals surface area contributed by atoms with Crippen molar-refractivity contribution >= 4 is 17.7 Å². The first-order valence-corrected chi connectivity index (χ1v) is 9.04. The molecule has 3 rings (SSSR count). The van der Waals surface area contributed by atoms with Gasteiger partial charge in [0.1, 0.15) is 6.33 Å². The summed E-state index contributed by atoms with van der Waals surface area (Å²) < 4.78 is 7.58. The topological polar surface area (TPSA) is 60.2 Å². The van der Waals surface area contributed by atoms with Crippen LogP contribution in [0.3, 0.4) is 0 Å². The van der Waals surface area contributed by atoms with Gasteiger partial charge < -0.3 is 9.64 Å². The number of amides is 1. The molecular formula is C17H22N4O2S. The Balaban J connectivity index is 1.64. The van der Waals surface area contributed by atoms with E-state index in [4.69, 9.17) is 4.74 Å². The molecule has 0 N–H and O–H groups in total. The summed E-state index contributed by atoms with van der Waals surface area (Å²) in [6, 6.07) is 8.14. The van der Waals surface area contributed by atoms with Crippen molar-refractivity contribution in [3.05, 3.63) is 36.2 Å². The number of rotatable bonds is 4. The number of aryl methyl sites for hydroxylation is 1. The molecule has 2 aromatic rings. The number of hydrogen-bond donors (Lipinski definition) is 0. The van der Waals surface area contributed by atoms with E-state index in [0.717, 1.165) is 10.8 Å². The Kier molecular flexibility index (Phi) is 5.20. The number of ether oxygens (including phenoxy) is 1. The molecule has 1 aliphatic heterocycles. The Morgan fingerprint density at radius 3 is 2.58 bits per heavy atom. The van der Waals surface area contributed by atoms with E-state index in [-0.39, 0.29) is 18.1 Å². The summed E-state index contributed by atoms with van der Waals surface area (Å²) in [5.74, 6) is 0.463. The van der Waals surface area contributed by atoms with Gasteiger partial charge in [-0.05, 0) is 32.9 Å². The molecule has 1 aromatic heterocycles. The van der Waals surface area contributed by atoms with Gasteiger partial charge >= 0.3 is 0 Å². The number of carbonyl (C=O) groups excluding carboxylic acids is 1. The van der Waals surface area contributed by atoms with Crippen LogP contribution in [0.25, 0.3) is 5.69 Å². The first kappa shape index (κ1) is 17.0. The second-order valence-corrected chi connectivity index (χ2v) is 7.11. The number of benzene rings is 1. The van der Waals surface area contributed by atoms with Crippen LogP contribution in [0.2, 0.25) is 0 Å². The summed E-state index contributed by atoms with van der Waals surface area (Å²) in [7, 11) is 0. The van der Waals surface area contributed by atoms with Crippen LogP contribution in [0.15, 0.2) is 35.7 Å². The minimum absolute atomic E-state index is 0.0823. The lowest BCUT2D eigenvalue weighted by molar-refractivity contribution is -0.140. The number of thioether (sulfide) groups is 1. The molecule has 2 unspecified atom stereocenters. The van der Waals surface area contributed by atoms with Gasteiger partial charge in [0.25, 0.3) is 0 Å². The smallest absolute Gasteiger partial charge is 0.233 e. The average molecular weight is 346 g/mol. The van der Waals surface area contributed by atoms with Crippen molar-refractivity contribution in [1.29, 1.82) is 0 Å². The summed E-state index contributed by atoms with van der Waals surface area (Å²) in [6.45, 7) is 7.34. The quantitative estimate of drug-likeness (QED) is 0.795. The minimum Gasteiger partial charge on any atom is -0.372 e. The van der Waals surface area contributed by atoms with E-state index in [1.165, 1.54) is 17.3 Å². The molecule has 0 saturated carbocycles. The van der Waals surface area contributed by atoms with E-state index in [9.17, 15) is 4.79 Å². The molecule has 0 bridgehead atoms. The van der Waals surface area contributed by atoms with Gasteiger partial charge in [0.15, 0.2) is 5.16 Å². The van der Waals surface area contributed by atoms with E-state index < -0.39 is 0 Å². The zero-order valence-electron chi connectivity index (χ0n) is 14.2. The van der Waals surface area contributed by atoms with E-state index in [1.807, 2.05) is 47.6 Å². The number of carbonyl (C=O) groups is 1. The minimum atomic E-state index is 0.0823. The molecule has 1 fully saturated rings. The molecule has 1 saturated heterocycles. The van der Waals surface area contributed by atoms with Gasteiger partial charge in [-0.2, -0.15) is 0 Å². The summed E-state index contributed by atoms with van der Waals surface area (Å²) in [5, 5.41) is 8.85. The Morgan fingerprint density at radius 1 is 1.25 bits per heavy atom. The first-order valence-electron chi connectivity index (χ1n) is 8.06. The molecule has 1 aliphatic rings. The number of aromatic nitrogens is 3. The number of nitrogens with zero attached hydrogens (tertiary/aromatic N) is 4. The maximum atomic E-state index is 12.5. The normalized spacial score (nSPS) is 21.0. The second-order valence-electron chi connectivity index (χ2n) is 6.16. The maximum absolute atomic E-state index is 12.5. The van der Waals surface area contributed by atoms with Crippen LogP contribution in [-0.2, 0) is 9.53 Å². The predicted octanol–water partition coefficient (Wildman–Crippen LogP) is 2.30. The molecule has 1 aromatic carbocycles. The third kappa shape index (κ3) is 3.96. The second kappa shape index (κ2) is 7.36. The van der Waals surface area contributed by atoms with Crippen molar-refractivity contribution in [3.8, 4) is 5.69 Å². The van der Waals surface area contributed by atoms with E-state index in [1.54, 1.807) is 6.33 Å². The molecule has 1 amide bonds. The van der Waals surface area contributed by atoms with Crippen LogP contribution < -0.4 is 0 Å². The van der Waals surface area contributed by atoms with E-state index in [2.05, 4.69) is 17.1 Å². The van der Waals surface area contributed by atoms with Crippen LogP contribution in [-0.4, -0.2) is 56.6 Å². The highest BCUT2D eigenvalue weighted by Crippen LogP contribution is 2.21. The van der Waals surface area contributed by atoms with Crippen molar-refractivity contribution in [3.63, 3.8) is 0 Å². The molecule has 0 aliphatic carbocycles. The summed E-state index contributed by atoms with van der Waals surface area (Å²) in [4.78, 5) is 14.3. The van der Waals surface area contributed by atoms with Crippen molar-refractivity contribution in [2.75, 3.05) is 18.8 Å². The zero-order valence-corrected chi connectivity index (χ0v) is 15.0. The third-order valence-corrected chi connectivity index (χ3v) is 4.85. The molecule has 0 spiro atoms. The third-order valence-electron chi connectivity index (χ3n) is 3.93. The first-order chi connectivity index (χ1) is 11.5. The fourth-order valence-corrected chi connectivity index (χ4v) is 3.64. The van der Waals surface area contributed by atoms with E-state index >= 15 is 0 Å². The number of hydrogen-bond acceptors (Lipinski definition) is 5. The molecule has 24 heavy (non-hydrogen) atoms. The van der Waals surface area contributed by atoms with Crippen LogP contribution in [0.5, 0.6) is 0 Å². The van der Waals surface area contributed by atoms with Gasteiger partial charge in [-0.3, -0.25) is 9.36 Å². The molecule has 6 nitrogen and oxygen atoms in total. The summed E-state index contributed by atoms with van der Waals surface area (Å²) in [6.07, 6.45) is 1.84. The molecule has 0 radical (unpaired) electrons. The molecular weight excluding hydrogens is 324 g/mol. The van der Waals surface area contributed by atoms with Gasteiger partial charge in [0.2, 0.25) is 5.91 Å². The molecule has 7 heteroatoms.